The van der Waals surface area contributed by atoms with E-state index in [1.165, 1.54) is 5.56 Å². The van der Waals surface area contributed by atoms with Crippen LogP contribution in [-0.4, -0.2) is 11.5 Å². The minimum Gasteiger partial charge on any atom is -0.311 e. The molecule has 2 heterocycles. The minimum atomic E-state index is 0.875. The summed E-state index contributed by atoms with van der Waals surface area (Å²) in [5.74, 6) is 2.59. The molecule has 0 saturated carbocycles. The van der Waals surface area contributed by atoms with Crippen molar-refractivity contribution < 1.29 is 0 Å². The summed E-state index contributed by atoms with van der Waals surface area (Å²) in [6.07, 6.45) is 8.07. The van der Waals surface area contributed by atoms with E-state index >= 15 is 0 Å². The molecule has 1 aromatic rings. The number of hydrogen-bond acceptors (Lipinski definition) is 2. The Kier molecular flexibility index (Phi) is 1.81. The lowest BCUT2D eigenvalue weighted by molar-refractivity contribution is 0.627. The third kappa shape index (κ3) is 1.19. The van der Waals surface area contributed by atoms with Crippen LogP contribution < -0.4 is 5.32 Å². The van der Waals surface area contributed by atoms with Gasteiger partial charge in [0.05, 0.1) is 5.69 Å². The Morgan fingerprint density at radius 1 is 1.58 bits per heavy atom. The largest absolute Gasteiger partial charge is 0.311 e. The van der Waals surface area contributed by atoms with Gasteiger partial charge in [-0.1, -0.05) is 5.92 Å². The summed E-state index contributed by atoms with van der Waals surface area (Å²) < 4.78 is 0. The van der Waals surface area contributed by atoms with E-state index < -0.39 is 0 Å². The molecular weight excluding hydrogens is 148 g/mol. The molecule has 0 radical (unpaired) electrons. The number of nitrogens with one attached hydrogen (secondary N) is 1. The fraction of sp³-hybridized carbons (Fsp3) is 0.300. The van der Waals surface area contributed by atoms with Gasteiger partial charge >= 0.3 is 0 Å². The van der Waals surface area contributed by atoms with E-state index in [-0.39, 0.29) is 0 Å². The van der Waals surface area contributed by atoms with Gasteiger partial charge in [-0.2, -0.15) is 0 Å². The van der Waals surface area contributed by atoms with E-state index in [0.717, 1.165) is 30.8 Å². The molecule has 0 fully saturated rings. The molecule has 0 aliphatic carbocycles. The zero-order valence-electron chi connectivity index (χ0n) is 6.80. The Labute approximate surface area is 72.0 Å². The number of hydrogen-bond donors (Lipinski definition) is 1. The maximum atomic E-state index is 5.28. The first-order valence-corrected chi connectivity index (χ1v) is 4.05. The predicted octanol–water partition coefficient (Wildman–Crippen LogP) is 0.709. The highest BCUT2D eigenvalue weighted by Gasteiger charge is 2.08. The van der Waals surface area contributed by atoms with Crippen molar-refractivity contribution in [2.24, 2.45) is 0 Å². The summed E-state index contributed by atoms with van der Waals surface area (Å²) in [6.45, 7) is 1.91. The second-order valence-corrected chi connectivity index (χ2v) is 2.90. The molecule has 1 aliphatic heterocycles. The average molecular weight is 158 g/mol. The topological polar surface area (TPSA) is 24.9 Å². The number of pyridine rings is 1. The Hall–Kier alpha value is -1.33. The van der Waals surface area contributed by atoms with Crippen molar-refractivity contribution in [2.45, 2.75) is 13.0 Å². The van der Waals surface area contributed by atoms with Gasteiger partial charge in [0.2, 0.25) is 0 Å². The molecule has 2 rings (SSSR count). The summed E-state index contributed by atoms with van der Waals surface area (Å²) in [6, 6.07) is 2.06. The van der Waals surface area contributed by atoms with Crippen LogP contribution in [0.15, 0.2) is 12.3 Å². The van der Waals surface area contributed by atoms with Crippen molar-refractivity contribution in [1.29, 1.82) is 0 Å². The fourth-order valence-electron chi connectivity index (χ4n) is 1.42. The molecule has 2 heteroatoms. The van der Waals surface area contributed by atoms with E-state index in [4.69, 9.17) is 6.42 Å². The molecule has 0 atom stereocenters. The highest BCUT2D eigenvalue weighted by Crippen LogP contribution is 2.11. The Bertz CT molecular complexity index is 336. The quantitative estimate of drug-likeness (QED) is 0.562. The summed E-state index contributed by atoms with van der Waals surface area (Å²) in [7, 11) is 0. The van der Waals surface area contributed by atoms with Crippen LogP contribution >= 0.6 is 0 Å². The van der Waals surface area contributed by atoms with Gasteiger partial charge in [0.1, 0.15) is 0 Å². The van der Waals surface area contributed by atoms with Crippen LogP contribution in [0.4, 0.5) is 0 Å². The fourth-order valence-corrected chi connectivity index (χ4v) is 1.42. The second-order valence-electron chi connectivity index (χ2n) is 2.90. The molecule has 1 aromatic heterocycles. The van der Waals surface area contributed by atoms with Crippen LogP contribution in [0, 0.1) is 12.3 Å². The molecule has 0 aromatic carbocycles. The van der Waals surface area contributed by atoms with Gasteiger partial charge in [0, 0.05) is 18.3 Å². The second kappa shape index (κ2) is 2.96. The summed E-state index contributed by atoms with van der Waals surface area (Å²) in [4.78, 5) is 4.29. The van der Waals surface area contributed by atoms with Gasteiger partial charge in [-0.25, -0.2) is 0 Å². The molecule has 60 valence electrons. The average Bonchev–Trinajstić information content (AvgIpc) is 2.17. The zero-order valence-corrected chi connectivity index (χ0v) is 6.80. The van der Waals surface area contributed by atoms with Gasteiger partial charge in [-0.15, -0.1) is 6.42 Å². The van der Waals surface area contributed by atoms with Gasteiger partial charge in [-0.05, 0) is 24.6 Å². The molecular formula is C10H10N2. The van der Waals surface area contributed by atoms with Crippen molar-refractivity contribution >= 4 is 0 Å². The van der Waals surface area contributed by atoms with Crippen molar-refractivity contribution in [2.75, 3.05) is 6.54 Å². The predicted molar refractivity (Wildman–Crippen MR) is 47.6 cm³/mol. The maximum Gasteiger partial charge on any atom is 0.0574 e. The van der Waals surface area contributed by atoms with Crippen LogP contribution in [0.1, 0.15) is 16.8 Å². The highest BCUT2D eigenvalue weighted by atomic mass is 14.9. The number of aromatic nitrogens is 1. The number of rotatable bonds is 0. The zero-order chi connectivity index (χ0) is 8.39. The van der Waals surface area contributed by atoms with E-state index in [2.05, 4.69) is 22.3 Å². The summed E-state index contributed by atoms with van der Waals surface area (Å²) >= 11 is 0. The summed E-state index contributed by atoms with van der Waals surface area (Å²) in [5, 5.41) is 3.26. The van der Waals surface area contributed by atoms with E-state index in [1.807, 2.05) is 0 Å². The van der Waals surface area contributed by atoms with Gasteiger partial charge in [0.15, 0.2) is 0 Å². The van der Waals surface area contributed by atoms with E-state index in [1.54, 1.807) is 6.20 Å². The van der Waals surface area contributed by atoms with Crippen molar-refractivity contribution in [3.8, 4) is 12.3 Å². The van der Waals surface area contributed by atoms with Crippen LogP contribution in [0.3, 0.4) is 0 Å². The Morgan fingerprint density at radius 3 is 3.33 bits per heavy atom. The lowest BCUT2D eigenvalue weighted by atomic mass is 10.0. The first-order valence-electron chi connectivity index (χ1n) is 4.05. The molecule has 0 saturated heterocycles. The lowest BCUT2D eigenvalue weighted by Gasteiger charge is -2.15. The highest BCUT2D eigenvalue weighted by molar-refractivity contribution is 5.36. The maximum absolute atomic E-state index is 5.28. The van der Waals surface area contributed by atoms with Gasteiger partial charge in [-0.3, -0.25) is 4.98 Å². The molecule has 0 unspecified atom stereocenters. The third-order valence-electron chi connectivity index (χ3n) is 2.09. The van der Waals surface area contributed by atoms with Gasteiger partial charge < -0.3 is 5.32 Å². The van der Waals surface area contributed by atoms with Crippen molar-refractivity contribution in [3.05, 3.63) is 29.1 Å². The lowest BCUT2D eigenvalue weighted by Crippen LogP contribution is -2.24. The van der Waals surface area contributed by atoms with Gasteiger partial charge in [0.25, 0.3) is 0 Å². The monoisotopic (exact) mass is 158 g/mol. The smallest absolute Gasteiger partial charge is 0.0574 e. The van der Waals surface area contributed by atoms with E-state index in [9.17, 15) is 0 Å². The Morgan fingerprint density at radius 2 is 2.50 bits per heavy atom. The third-order valence-corrected chi connectivity index (χ3v) is 2.09. The van der Waals surface area contributed by atoms with Crippen LogP contribution in [0.25, 0.3) is 0 Å². The van der Waals surface area contributed by atoms with Crippen LogP contribution in [0.5, 0.6) is 0 Å². The van der Waals surface area contributed by atoms with Crippen molar-refractivity contribution in [3.63, 3.8) is 0 Å². The van der Waals surface area contributed by atoms with Crippen LogP contribution in [-0.2, 0) is 13.0 Å². The first-order chi connectivity index (χ1) is 5.90. The van der Waals surface area contributed by atoms with Crippen molar-refractivity contribution in [1.82, 2.24) is 10.3 Å². The molecule has 0 amide bonds. The molecule has 0 spiro atoms. The molecule has 1 N–H and O–H groups in total. The SMILES string of the molecule is C#Cc1cnc2c(c1)CCNC2. The molecule has 12 heavy (non-hydrogen) atoms. The number of terminal acetylenes is 1. The molecule has 1 aliphatic rings. The number of fused-ring (bicyclic) bond motifs is 1. The molecule has 2 nitrogen and oxygen atoms in total. The number of nitrogens with zero attached hydrogens (tertiary/aromatic N) is 1. The summed E-state index contributed by atoms with van der Waals surface area (Å²) in [5.41, 5.74) is 3.32. The Balaban J connectivity index is 2.44. The van der Waals surface area contributed by atoms with E-state index in [0.29, 0.717) is 0 Å². The minimum absolute atomic E-state index is 0.875. The molecule has 0 bridgehead atoms. The van der Waals surface area contributed by atoms with Crippen LogP contribution in [0.2, 0.25) is 0 Å². The standard InChI is InChI=1S/C10H10N2/c1-2-8-5-9-3-4-11-7-10(9)12-6-8/h1,5-6,11H,3-4,7H2. The first kappa shape index (κ1) is 7.33. The normalized spacial score (nSPS) is 14.9.